The highest BCUT2D eigenvalue weighted by Gasteiger charge is 2.15. The predicted octanol–water partition coefficient (Wildman–Crippen LogP) is 2.54. The molecule has 0 amide bonds. The summed E-state index contributed by atoms with van der Waals surface area (Å²) in [6.45, 7) is 4.75. The molecule has 0 fully saturated rings. The minimum Gasteiger partial charge on any atom is -0.481 e. The zero-order chi connectivity index (χ0) is 11.3. The fraction of sp³-hybridized carbons (Fsp3) is 0.417. The minimum atomic E-state index is -0.774. The molecule has 1 rings (SSSR count). The van der Waals surface area contributed by atoms with Gasteiger partial charge < -0.3 is 10.4 Å². The molecule has 0 saturated carbocycles. The molecule has 16 heavy (non-hydrogen) atoms. The summed E-state index contributed by atoms with van der Waals surface area (Å²) in [4.78, 5) is 10.7. The maximum atomic E-state index is 10.7. The second-order valence-electron chi connectivity index (χ2n) is 3.56. The summed E-state index contributed by atoms with van der Waals surface area (Å²) in [5.74, 6) is -0.774. The van der Waals surface area contributed by atoms with Crippen LogP contribution in [0.5, 0.6) is 0 Å². The number of aryl methyl sites for hydroxylation is 1. The number of benzene rings is 1. The molecule has 1 aromatic carbocycles. The minimum absolute atomic E-state index is 0. The van der Waals surface area contributed by atoms with E-state index in [2.05, 4.69) is 5.32 Å². The molecule has 0 aromatic heterocycles. The van der Waals surface area contributed by atoms with E-state index in [0.29, 0.717) is 0 Å². The molecule has 0 radical (unpaired) electrons. The van der Waals surface area contributed by atoms with Crippen molar-refractivity contribution in [3.63, 3.8) is 0 Å². The molecule has 1 atom stereocenters. The standard InChI is InChI=1S/C12H17NO2.ClH/c1-3-13-11(8-12(14)15)10-7-5-4-6-9(10)2;/h4-7,11,13H,3,8H2,1-2H3,(H,14,15);1H. The van der Waals surface area contributed by atoms with Crippen LogP contribution in [-0.2, 0) is 4.79 Å². The molecule has 90 valence electrons. The fourth-order valence-corrected chi connectivity index (χ4v) is 1.69. The lowest BCUT2D eigenvalue weighted by molar-refractivity contribution is -0.137. The zero-order valence-electron chi connectivity index (χ0n) is 9.56. The predicted molar refractivity (Wildman–Crippen MR) is 67.1 cm³/mol. The van der Waals surface area contributed by atoms with Gasteiger partial charge in [0.15, 0.2) is 0 Å². The second kappa shape index (κ2) is 7.25. The number of carbonyl (C=O) groups is 1. The summed E-state index contributed by atoms with van der Waals surface area (Å²) in [5.41, 5.74) is 2.20. The van der Waals surface area contributed by atoms with Crippen molar-refractivity contribution in [3.05, 3.63) is 35.4 Å². The third-order valence-electron chi connectivity index (χ3n) is 2.39. The summed E-state index contributed by atoms with van der Waals surface area (Å²) in [6.07, 6.45) is 0.124. The van der Waals surface area contributed by atoms with Gasteiger partial charge in [0.2, 0.25) is 0 Å². The number of nitrogens with one attached hydrogen (secondary N) is 1. The van der Waals surface area contributed by atoms with Crippen LogP contribution in [0.1, 0.15) is 30.5 Å². The van der Waals surface area contributed by atoms with Crippen molar-refractivity contribution >= 4 is 18.4 Å². The normalized spacial score (nSPS) is 11.6. The van der Waals surface area contributed by atoms with Gasteiger partial charge in [-0.2, -0.15) is 0 Å². The van der Waals surface area contributed by atoms with Crippen LogP contribution in [0.3, 0.4) is 0 Å². The molecule has 0 spiro atoms. The Morgan fingerprint density at radius 2 is 2.06 bits per heavy atom. The fourth-order valence-electron chi connectivity index (χ4n) is 1.69. The Labute approximate surface area is 102 Å². The van der Waals surface area contributed by atoms with Crippen molar-refractivity contribution < 1.29 is 9.90 Å². The van der Waals surface area contributed by atoms with E-state index in [1.54, 1.807) is 0 Å². The van der Waals surface area contributed by atoms with Gasteiger partial charge in [-0.15, -0.1) is 12.4 Å². The Balaban J connectivity index is 0.00000225. The number of hydrogen-bond acceptors (Lipinski definition) is 2. The van der Waals surface area contributed by atoms with Crippen LogP contribution in [-0.4, -0.2) is 17.6 Å². The molecule has 0 saturated heterocycles. The monoisotopic (exact) mass is 243 g/mol. The maximum absolute atomic E-state index is 10.7. The lowest BCUT2D eigenvalue weighted by Crippen LogP contribution is -2.24. The van der Waals surface area contributed by atoms with E-state index in [0.717, 1.165) is 17.7 Å². The van der Waals surface area contributed by atoms with Crippen LogP contribution in [0.2, 0.25) is 0 Å². The molecule has 4 heteroatoms. The third-order valence-corrected chi connectivity index (χ3v) is 2.39. The molecule has 1 aromatic rings. The van der Waals surface area contributed by atoms with E-state index in [-0.39, 0.29) is 24.9 Å². The SMILES string of the molecule is CCNC(CC(=O)O)c1ccccc1C.Cl. The van der Waals surface area contributed by atoms with Crippen molar-refractivity contribution in [3.8, 4) is 0 Å². The topological polar surface area (TPSA) is 49.3 Å². The Morgan fingerprint density at radius 3 is 2.56 bits per heavy atom. The number of carboxylic acids is 1. The molecule has 0 aliphatic heterocycles. The van der Waals surface area contributed by atoms with E-state index < -0.39 is 5.97 Å². The van der Waals surface area contributed by atoms with E-state index in [1.165, 1.54) is 0 Å². The number of rotatable bonds is 5. The Bertz CT molecular complexity index is 342. The molecule has 1 unspecified atom stereocenters. The van der Waals surface area contributed by atoms with Crippen LogP contribution in [0, 0.1) is 6.92 Å². The van der Waals surface area contributed by atoms with Crippen LogP contribution in [0.15, 0.2) is 24.3 Å². The molecular weight excluding hydrogens is 226 g/mol. The lowest BCUT2D eigenvalue weighted by Gasteiger charge is -2.18. The van der Waals surface area contributed by atoms with Crippen molar-refractivity contribution in [2.75, 3.05) is 6.54 Å². The number of aliphatic carboxylic acids is 1. The van der Waals surface area contributed by atoms with Gasteiger partial charge in [0, 0.05) is 6.04 Å². The van der Waals surface area contributed by atoms with Gasteiger partial charge in [-0.3, -0.25) is 4.79 Å². The first-order chi connectivity index (χ1) is 7.15. The van der Waals surface area contributed by atoms with Gasteiger partial charge in [0.1, 0.15) is 0 Å². The van der Waals surface area contributed by atoms with Gasteiger partial charge >= 0.3 is 5.97 Å². The quantitative estimate of drug-likeness (QED) is 0.836. The van der Waals surface area contributed by atoms with Crippen LogP contribution in [0.4, 0.5) is 0 Å². The second-order valence-corrected chi connectivity index (χ2v) is 3.56. The van der Waals surface area contributed by atoms with Crippen molar-refractivity contribution in [1.82, 2.24) is 5.32 Å². The highest BCUT2D eigenvalue weighted by Crippen LogP contribution is 2.20. The average Bonchev–Trinajstić information content (AvgIpc) is 2.17. The number of hydrogen-bond donors (Lipinski definition) is 2. The molecule has 3 nitrogen and oxygen atoms in total. The summed E-state index contributed by atoms with van der Waals surface area (Å²) in [6, 6.07) is 7.79. The summed E-state index contributed by atoms with van der Waals surface area (Å²) >= 11 is 0. The molecule has 2 N–H and O–H groups in total. The van der Waals surface area contributed by atoms with E-state index in [4.69, 9.17) is 5.11 Å². The van der Waals surface area contributed by atoms with Crippen LogP contribution < -0.4 is 5.32 Å². The smallest absolute Gasteiger partial charge is 0.305 e. The largest absolute Gasteiger partial charge is 0.481 e. The molecular formula is C12H18ClNO2. The van der Waals surface area contributed by atoms with E-state index in [9.17, 15) is 4.79 Å². The molecule has 0 aliphatic rings. The van der Waals surface area contributed by atoms with E-state index in [1.807, 2.05) is 38.1 Å². The molecule has 0 bridgehead atoms. The molecule has 0 aliphatic carbocycles. The first-order valence-electron chi connectivity index (χ1n) is 5.15. The number of carboxylic acid groups (broad SMARTS) is 1. The van der Waals surface area contributed by atoms with E-state index >= 15 is 0 Å². The Kier molecular flexibility index (Phi) is 6.77. The number of halogens is 1. The lowest BCUT2D eigenvalue weighted by atomic mass is 9.99. The van der Waals surface area contributed by atoms with Gasteiger partial charge in [-0.1, -0.05) is 31.2 Å². The van der Waals surface area contributed by atoms with Gasteiger partial charge in [0.25, 0.3) is 0 Å². The average molecular weight is 244 g/mol. The van der Waals surface area contributed by atoms with Gasteiger partial charge in [-0.25, -0.2) is 0 Å². The first-order valence-corrected chi connectivity index (χ1v) is 5.15. The van der Waals surface area contributed by atoms with Gasteiger partial charge in [-0.05, 0) is 24.6 Å². The van der Waals surface area contributed by atoms with Crippen molar-refractivity contribution in [2.45, 2.75) is 26.3 Å². The Hall–Kier alpha value is -1.06. The van der Waals surface area contributed by atoms with Crippen molar-refractivity contribution in [1.29, 1.82) is 0 Å². The summed E-state index contributed by atoms with van der Waals surface area (Å²) in [5, 5.41) is 12.0. The van der Waals surface area contributed by atoms with Crippen LogP contribution in [0.25, 0.3) is 0 Å². The first kappa shape index (κ1) is 14.9. The van der Waals surface area contributed by atoms with Crippen molar-refractivity contribution in [2.24, 2.45) is 0 Å². The highest BCUT2D eigenvalue weighted by atomic mass is 35.5. The summed E-state index contributed by atoms with van der Waals surface area (Å²) in [7, 11) is 0. The Morgan fingerprint density at radius 1 is 1.44 bits per heavy atom. The van der Waals surface area contributed by atoms with Gasteiger partial charge in [0.05, 0.1) is 6.42 Å². The van der Waals surface area contributed by atoms with Crippen LogP contribution >= 0.6 is 12.4 Å². The zero-order valence-corrected chi connectivity index (χ0v) is 10.4. The molecule has 0 heterocycles. The highest BCUT2D eigenvalue weighted by molar-refractivity contribution is 5.85. The third kappa shape index (κ3) is 4.21. The maximum Gasteiger partial charge on any atom is 0.305 e. The summed E-state index contributed by atoms with van der Waals surface area (Å²) < 4.78 is 0.